The summed E-state index contributed by atoms with van der Waals surface area (Å²) in [4.78, 5) is 22.1. The van der Waals surface area contributed by atoms with Crippen molar-refractivity contribution in [1.82, 2.24) is 5.32 Å². The van der Waals surface area contributed by atoms with Crippen LogP contribution in [0.25, 0.3) is 0 Å². The van der Waals surface area contributed by atoms with Crippen molar-refractivity contribution in [3.05, 3.63) is 33.9 Å². The highest BCUT2D eigenvalue weighted by Crippen LogP contribution is 2.27. The van der Waals surface area contributed by atoms with E-state index < -0.39 is 10.8 Å². The van der Waals surface area contributed by atoms with Crippen LogP contribution < -0.4 is 10.1 Å². The summed E-state index contributed by atoms with van der Waals surface area (Å²) in [5.41, 5.74) is -0.0412. The van der Waals surface area contributed by atoms with Gasteiger partial charge in [-0.05, 0) is 18.6 Å². The lowest BCUT2D eigenvalue weighted by Crippen LogP contribution is -2.29. The molecule has 0 radical (unpaired) electrons. The molecule has 0 aliphatic heterocycles. The number of benzene rings is 1. The number of ether oxygens (including phenoxy) is 1. The third-order valence-electron chi connectivity index (χ3n) is 2.56. The smallest absolute Gasteiger partial charge is 0.311 e. The van der Waals surface area contributed by atoms with Crippen LogP contribution in [0.1, 0.15) is 23.7 Å². The highest BCUT2D eigenvalue weighted by molar-refractivity contribution is 6.20. The van der Waals surface area contributed by atoms with E-state index in [-0.39, 0.29) is 22.4 Å². The molecule has 0 saturated heterocycles. The van der Waals surface area contributed by atoms with Crippen LogP contribution in [-0.2, 0) is 0 Å². The maximum absolute atomic E-state index is 11.8. The molecule has 0 spiro atoms. The van der Waals surface area contributed by atoms with Crippen LogP contribution in [0.5, 0.6) is 5.75 Å². The van der Waals surface area contributed by atoms with Gasteiger partial charge in [0.25, 0.3) is 5.91 Å². The van der Waals surface area contributed by atoms with Crippen LogP contribution in [-0.4, -0.2) is 29.9 Å². The molecule has 0 saturated carbocycles. The lowest BCUT2D eigenvalue weighted by Gasteiger charge is -2.09. The number of carbonyl (C=O) groups excluding carboxylic acids is 1. The molecule has 6 nitrogen and oxygen atoms in total. The number of nitrogens with one attached hydrogen (secondary N) is 1. The first-order valence-corrected chi connectivity index (χ1v) is 6.18. The largest absolute Gasteiger partial charge is 0.490 e. The average molecular weight is 287 g/mol. The molecule has 0 aliphatic rings. The predicted octanol–water partition coefficient (Wildman–Crippen LogP) is 2.35. The van der Waals surface area contributed by atoms with Crippen molar-refractivity contribution < 1.29 is 14.5 Å². The molecule has 7 heteroatoms. The number of rotatable bonds is 6. The highest BCUT2D eigenvalue weighted by Gasteiger charge is 2.18. The van der Waals surface area contributed by atoms with Crippen molar-refractivity contribution in [3.8, 4) is 5.75 Å². The summed E-state index contributed by atoms with van der Waals surface area (Å²) in [6.07, 6.45) is 0.727. The number of halogens is 1. The summed E-state index contributed by atoms with van der Waals surface area (Å²) in [6, 6.07) is 4.05. The first kappa shape index (κ1) is 15.2. The minimum Gasteiger partial charge on any atom is -0.490 e. The normalized spacial score (nSPS) is 11.7. The fourth-order valence-electron chi connectivity index (χ4n) is 1.42. The maximum Gasteiger partial charge on any atom is 0.311 e. The zero-order valence-electron chi connectivity index (χ0n) is 10.7. The van der Waals surface area contributed by atoms with Crippen molar-refractivity contribution in [2.24, 2.45) is 0 Å². The summed E-state index contributed by atoms with van der Waals surface area (Å²) in [6.45, 7) is 2.22. The monoisotopic (exact) mass is 286 g/mol. The lowest BCUT2D eigenvalue weighted by atomic mass is 10.1. The fourth-order valence-corrected chi connectivity index (χ4v) is 1.50. The Morgan fingerprint density at radius 2 is 2.26 bits per heavy atom. The van der Waals surface area contributed by atoms with Crippen LogP contribution in [0.4, 0.5) is 5.69 Å². The molecular formula is C12H15ClN2O4. The highest BCUT2D eigenvalue weighted by atomic mass is 35.5. The molecule has 1 unspecified atom stereocenters. The van der Waals surface area contributed by atoms with Gasteiger partial charge in [0.05, 0.1) is 17.4 Å². The molecule has 0 heterocycles. The van der Waals surface area contributed by atoms with Gasteiger partial charge in [0, 0.05) is 18.2 Å². The van der Waals surface area contributed by atoms with E-state index in [0.717, 1.165) is 6.42 Å². The number of carbonyl (C=O) groups is 1. The van der Waals surface area contributed by atoms with Gasteiger partial charge in [-0.1, -0.05) is 6.92 Å². The van der Waals surface area contributed by atoms with Gasteiger partial charge < -0.3 is 10.1 Å². The average Bonchev–Trinajstić information content (AvgIpc) is 2.43. The summed E-state index contributed by atoms with van der Waals surface area (Å²) in [5, 5.41) is 13.3. The van der Waals surface area contributed by atoms with E-state index >= 15 is 0 Å². The van der Waals surface area contributed by atoms with E-state index in [9.17, 15) is 14.9 Å². The van der Waals surface area contributed by atoms with Crippen LogP contribution in [0.2, 0.25) is 0 Å². The van der Waals surface area contributed by atoms with Gasteiger partial charge in [-0.2, -0.15) is 0 Å². The molecule has 0 bridgehead atoms. The van der Waals surface area contributed by atoms with Crippen molar-refractivity contribution in [2.75, 3.05) is 13.7 Å². The van der Waals surface area contributed by atoms with Crippen molar-refractivity contribution >= 4 is 23.2 Å². The molecule has 0 aliphatic carbocycles. The third kappa shape index (κ3) is 4.10. The van der Waals surface area contributed by atoms with Gasteiger partial charge >= 0.3 is 5.69 Å². The number of hydrogen-bond acceptors (Lipinski definition) is 4. The number of amides is 1. The minimum absolute atomic E-state index is 0.116. The molecule has 104 valence electrons. The predicted molar refractivity (Wildman–Crippen MR) is 71.9 cm³/mol. The quantitative estimate of drug-likeness (QED) is 0.494. The van der Waals surface area contributed by atoms with Gasteiger partial charge in [0.2, 0.25) is 0 Å². The SMILES string of the molecule is CCC(Cl)CNC(=O)c1ccc(OC)c([N+](=O)[O-])c1. The number of nitro groups is 1. The molecule has 1 N–H and O–H groups in total. The Bertz CT molecular complexity index is 479. The minimum atomic E-state index is -0.591. The van der Waals surface area contributed by atoms with Gasteiger partial charge in [-0.3, -0.25) is 14.9 Å². The number of nitrogens with zero attached hydrogens (tertiary/aromatic N) is 1. The van der Waals surface area contributed by atoms with Crippen LogP contribution >= 0.6 is 11.6 Å². The van der Waals surface area contributed by atoms with Gasteiger partial charge in [0.15, 0.2) is 5.75 Å². The molecule has 19 heavy (non-hydrogen) atoms. The second-order valence-electron chi connectivity index (χ2n) is 3.86. The molecule has 1 aromatic carbocycles. The molecule has 1 aromatic rings. The van der Waals surface area contributed by atoms with Crippen molar-refractivity contribution in [2.45, 2.75) is 18.7 Å². The summed E-state index contributed by atoms with van der Waals surface area (Å²) < 4.78 is 4.86. The van der Waals surface area contributed by atoms with E-state index in [1.807, 2.05) is 6.92 Å². The second kappa shape index (κ2) is 6.94. The Kier molecular flexibility index (Phi) is 5.57. The Morgan fingerprint density at radius 1 is 1.58 bits per heavy atom. The fraction of sp³-hybridized carbons (Fsp3) is 0.417. The van der Waals surface area contributed by atoms with E-state index in [1.54, 1.807) is 0 Å². The summed E-state index contributed by atoms with van der Waals surface area (Å²) in [7, 11) is 1.33. The first-order valence-electron chi connectivity index (χ1n) is 5.74. The second-order valence-corrected chi connectivity index (χ2v) is 4.48. The van der Waals surface area contributed by atoms with Crippen LogP contribution in [0, 0.1) is 10.1 Å². The lowest BCUT2D eigenvalue weighted by molar-refractivity contribution is -0.385. The number of methoxy groups -OCH3 is 1. The Hall–Kier alpha value is -1.82. The molecule has 0 fully saturated rings. The zero-order chi connectivity index (χ0) is 14.4. The topological polar surface area (TPSA) is 81.5 Å². The van der Waals surface area contributed by atoms with Gasteiger partial charge in [-0.15, -0.1) is 11.6 Å². The molecule has 1 rings (SSSR count). The number of hydrogen-bond donors (Lipinski definition) is 1. The first-order chi connectivity index (χ1) is 8.99. The van der Waals surface area contributed by atoms with E-state index in [4.69, 9.17) is 16.3 Å². The van der Waals surface area contributed by atoms with Gasteiger partial charge in [-0.25, -0.2) is 0 Å². The molecule has 1 atom stereocenters. The van der Waals surface area contributed by atoms with Crippen LogP contribution in [0.3, 0.4) is 0 Å². The number of nitro benzene ring substituents is 1. The number of alkyl halides is 1. The van der Waals surface area contributed by atoms with E-state index in [1.165, 1.54) is 25.3 Å². The molecular weight excluding hydrogens is 272 g/mol. The Labute approximate surface area is 115 Å². The Morgan fingerprint density at radius 3 is 2.79 bits per heavy atom. The van der Waals surface area contributed by atoms with Crippen LogP contribution in [0.15, 0.2) is 18.2 Å². The third-order valence-corrected chi connectivity index (χ3v) is 3.03. The summed E-state index contributed by atoms with van der Waals surface area (Å²) in [5.74, 6) is -0.282. The Balaban J connectivity index is 2.86. The summed E-state index contributed by atoms with van der Waals surface area (Å²) >= 11 is 5.88. The standard InChI is InChI=1S/C12H15ClN2O4/c1-3-9(13)7-14-12(16)8-4-5-11(19-2)10(6-8)15(17)18/h4-6,9H,3,7H2,1-2H3,(H,14,16). The van der Waals surface area contributed by atoms with Gasteiger partial charge in [0.1, 0.15) is 0 Å². The van der Waals surface area contributed by atoms with Crippen molar-refractivity contribution in [3.63, 3.8) is 0 Å². The maximum atomic E-state index is 11.8. The van der Waals surface area contributed by atoms with Crippen molar-refractivity contribution in [1.29, 1.82) is 0 Å². The zero-order valence-corrected chi connectivity index (χ0v) is 11.4. The molecule has 0 aromatic heterocycles. The van der Waals surface area contributed by atoms with E-state index in [2.05, 4.69) is 5.32 Å². The van der Waals surface area contributed by atoms with E-state index in [0.29, 0.717) is 6.54 Å². The molecule has 1 amide bonds.